The van der Waals surface area contributed by atoms with Crippen LogP contribution in [-0.4, -0.2) is 48.2 Å². The highest BCUT2D eigenvalue weighted by molar-refractivity contribution is 7.12. The van der Waals surface area contributed by atoms with E-state index in [1.165, 1.54) is 12.8 Å². The van der Waals surface area contributed by atoms with E-state index in [0.717, 1.165) is 34.3 Å². The first kappa shape index (κ1) is 16.5. The molecule has 118 valence electrons. The van der Waals surface area contributed by atoms with Crippen molar-refractivity contribution in [3.63, 3.8) is 0 Å². The molecule has 1 aliphatic rings. The normalized spacial score (nSPS) is 18.7. The van der Waals surface area contributed by atoms with E-state index in [0.29, 0.717) is 13.1 Å². The van der Waals surface area contributed by atoms with Gasteiger partial charge in [0.2, 0.25) is 0 Å². The second-order valence-electron chi connectivity index (χ2n) is 6.17. The quantitative estimate of drug-likeness (QED) is 0.876. The van der Waals surface area contributed by atoms with E-state index in [1.54, 1.807) is 11.3 Å². The largest absolute Gasteiger partial charge is 0.390 e. The number of aliphatic hydroxyl groups excluding tert-OH is 1. The second kappa shape index (κ2) is 7.38. The van der Waals surface area contributed by atoms with Crippen LogP contribution in [0, 0.1) is 19.8 Å². The number of carbonyl (C=O) groups is 1. The minimum absolute atomic E-state index is 0.0804. The number of hydrogen-bond acceptors (Lipinski definition) is 4. The first-order valence-electron chi connectivity index (χ1n) is 7.71. The Balaban J connectivity index is 1.74. The van der Waals surface area contributed by atoms with Crippen molar-refractivity contribution in [3.8, 4) is 0 Å². The van der Waals surface area contributed by atoms with Crippen molar-refractivity contribution >= 4 is 17.2 Å². The molecule has 1 saturated heterocycles. The number of aliphatic hydroxyl groups is 1. The molecule has 1 aromatic heterocycles. The summed E-state index contributed by atoms with van der Waals surface area (Å²) in [6, 6.07) is 1.91. The van der Waals surface area contributed by atoms with Crippen LogP contribution in [0.3, 0.4) is 0 Å². The van der Waals surface area contributed by atoms with Crippen LogP contribution in [0.1, 0.15) is 39.9 Å². The monoisotopic (exact) mass is 310 g/mol. The van der Waals surface area contributed by atoms with Crippen LogP contribution in [0.2, 0.25) is 0 Å². The number of likely N-dealkylation sites (tertiary alicyclic amines) is 1. The number of hydrogen-bond donors (Lipinski definition) is 2. The van der Waals surface area contributed by atoms with Gasteiger partial charge in [-0.1, -0.05) is 6.92 Å². The maximum absolute atomic E-state index is 12.1. The molecule has 0 aliphatic carbocycles. The van der Waals surface area contributed by atoms with Crippen LogP contribution in [0.15, 0.2) is 6.07 Å². The van der Waals surface area contributed by atoms with E-state index < -0.39 is 6.10 Å². The van der Waals surface area contributed by atoms with E-state index >= 15 is 0 Å². The molecule has 0 radical (unpaired) electrons. The molecule has 2 heterocycles. The van der Waals surface area contributed by atoms with E-state index in [2.05, 4.69) is 17.1 Å². The fraction of sp³-hybridized carbons (Fsp3) is 0.688. The van der Waals surface area contributed by atoms with Gasteiger partial charge < -0.3 is 15.3 Å². The first-order chi connectivity index (χ1) is 9.95. The molecule has 21 heavy (non-hydrogen) atoms. The fourth-order valence-corrected chi connectivity index (χ4v) is 3.69. The fourth-order valence-electron chi connectivity index (χ4n) is 2.77. The van der Waals surface area contributed by atoms with Crippen molar-refractivity contribution in [1.29, 1.82) is 0 Å². The van der Waals surface area contributed by atoms with Gasteiger partial charge in [-0.2, -0.15) is 0 Å². The molecule has 1 fully saturated rings. The van der Waals surface area contributed by atoms with Crippen LogP contribution in [0.5, 0.6) is 0 Å². The Morgan fingerprint density at radius 1 is 1.48 bits per heavy atom. The molecule has 0 saturated carbocycles. The molecule has 1 unspecified atom stereocenters. The SMILES string of the molecule is Cc1cc(C(=O)NCC(O)CN2CCC(C)CC2)c(C)s1. The Bertz CT molecular complexity index is 479. The summed E-state index contributed by atoms with van der Waals surface area (Å²) in [6.07, 6.45) is 1.90. The summed E-state index contributed by atoms with van der Waals surface area (Å²) in [4.78, 5) is 16.5. The van der Waals surface area contributed by atoms with Crippen LogP contribution in [-0.2, 0) is 0 Å². The molecule has 0 spiro atoms. The highest BCUT2D eigenvalue weighted by atomic mass is 32.1. The van der Waals surface area contributed by atoms with Crippen LogP contribution in [0.4, 0.5) is 0 Å². The Hall–Kier alpha value is -0.910. The molecule has 1 aromatic rings. The van der Waals surface area contributed by atoms with Crippen LogP contribution < -0.4 is 5.32 Å². The molecule has 1 atom stereocenters. The lowest BCUT2D eigenvalue weighted by atomic mass is 9.99. The summed E-state index contributed by atoms with van der Waals surface area (Å²) in [5, 5.41) is 12.9. The zero-order chi connectivity index (χ0) is 15.4. The first-order valence-corrected chi connectivity index (χ1v) is 8.53. The maximum Gasteiger partial charge on any atom is 0.252 e. The van der Waals surface area contributed by atoms with Crippen LogP contribution in [0.25, 0.3) is 0 Å². The summed E-state index contributed by atoms with van der Waals surface area (Å²) in [6.45, 7) is 9.30. The van der Waals surface area contributed by atoms with Gasteiger partial charge in [-0.05, 0) is 51.8 Å². The highest BCUT2D eigenvalue weighted by Gasteiger charge is 2.19. The zero-order valence-electron chi connectivity index (χ0n) is 13.2. The van der Waals surface area contributed by atoms with Gasteiger partial charge in [0, 0.05) is 22.8 Å². The van der Waals surface area contributed by atoms with Crippen molar-refractivity contribution in [1.82, 2.24) is 10.2 Å². The lowest BCUT2D eigenvalue weighted by Gasteiger charge is -2.31. The second-order valence-corrected chi connectivity index (χ2v) is 7.63. The number of aryl methyl sites for hydroxylation is 2. The van der Waals surface area contributed by atoms with Gasteiger partial charge in [-0.25, -0.2) is 0 Å². The number of β-amino-alcohol motifs (C(OH)–C–C–N with tert-alkyl or cyclic N) is 1. The summed E-state index contributed by atoms with van der Waals surface area (Å²) in [5.74, 6) is 0.714. The smallest absolute Gasteiger partial charge is 0.252 e. The molecular weight excluding hydrogens is 284 g/mol. The Kier molecular flexibility index (Phi) is 5.79. The van der Waals surface area contributed by atoms with Crippen molar-refractivity contribution in [2.45, 2.75) is 39.7 Å². The molecule has 0 aromatic carbocycles. The minimum Gasteiger partial charge on any atom is -0.390 e. The van der Waals surface area contributed by atoms with Crippen molar-refractivity contribution in [2.75, 3.05) is 26.2 Å². The third kappa shape index (κ3) is 4.80. The van der Waals surface area contributed by atoms with Gasteiger partial charge in [-0.3, -0.25) is 4.79 Å². The molecular formula is C16H26N2O2S. The number of nitrogens with zero attached hydrogens (tertiary/aromatic N) is 1. The number of nitrogens with one attached hydrogen (secondary N) is 1. The lowest BCUT2D eigenvalue weighted by molar-refractivity contribution is 0.0795. The Morgan fingerprint density at radius 3 is 2.71 bits per heavy atom. The third-order valence-corrected chi connectivity index (χ3v) is 5.09. The lowest BCUT2D eigenvalue weighted by Crippen LogP contribution is -2.43. The summed E-state index contributed by atoms with van der Waals surface area (Å²) in [7, 11) is 0. The number of piperidine rings is 1. The number of thiophene rings is 1. The van der Waals surface area contributed by atoms with Gasteiger partial charge >= 0.3 is 0 Å². The maximum atomic E-state index is 12.1. The summed E-state index contributed by atoms with van der Waals surface area (Å²) < 4.78 is 0. The molecule has 2 N–H and O–H groups in total. The number of carbonyl (C=O) groups excluding carboxylic acids is 1. The minimum atomic E-state index is -0.498. The molecule has 4 nitrogen and oxygen atoms in total. The molecule has 1 amide bonds. The molecule has 2 rings (SSSR count). The van der Waals surface area contributed by atoms with Crippen molar-refractivity contribution in [2.24, 2.45) is 5.92 Å². The zero-order valence-corrected chi connectivity index (χ0v) is 14.0. The molecule has 1 aliphatic heterocycles. The summed E-state index contributed by atoms with van der Waals surface area (Å²) >= 11 is 1.63. The topological polar surface area (TPSA) is 52.6 Å². The van der Waals surface area contributed by atoms with Crippen molar-refractivity contribution < 1.29 is 9.90 Å². The number of rotatable bonds is 5. The van der Waals surface area contributed by atoms with Gasteiger partial charge in [0.15, 0.2) is 0 Å². The molecule has 0 bridgehead atoms. The van der Waals surface area contributed by atoms with Gasteiger partial charge in [0.1, 0.15) is 0 Å². The average molecular weight is 310 g/mol. The predicted molar refractivity (Wildman–Crippen MR) is 87.0 cm³/mol. The van der Waals surface area contributed by atoms with E-state index in [1.807, 2.05) is 19.9 Å². The third-order valence-electron chi connectivity index (χ3n) is 4.13. The number of amides is 1. The standard InChI is InChI=1S/C16H26N2O2S/c1-11-4-6-18(7-5-11)10-14(19)9-17-16(20)15-8-12(2)21-13(15)3/h8,11,14,19H,4-7,9-10H2,1-3H3,(H,17,20). The van der Waals surface area contributed by atoms with Crippen LogP contribution >= 0.6 is 11.3 Å². The Morgan fingerprint density at radius 2 is 2.14 bits per heavy atom. The Labute approximate surface area is 131 Å². The molecule has 5 heteroatoms. The van der Waals surface area contributed by atoms with Gasteiger partial charge in [0.25, 0.3) is 5.91 Å². The highest BCUT2D eigenvalue weighted by Crippen LogP contribution is 2.20. The average Bonchev–Trinajstić information content (AvgIpc) is 2.78. The summed E-state index contributed by atoms with van der Waals surface area (Å²) in [5.41, 5.74) is 0.733. The van der Waals surface area contributed by atoms with Gasteiger partial charge in [0.05, 0.1) is 11.7 Å². The van der Waals surface area contributed by atoms with Gasteiger partial charge in [-0.15, -0.1) is 11.3 Å². The predicted octanol–water partition coefficient (Wildman–Crippen LogP) is 2.19. The van der Waals surface area contributed by atoms with E-state index in [-0.39, 0.29) is 5.91 Å². The van der Waals surface area contributed by atoms with E-state index in [4.69, 9.17) is 0 Å². The van der Waals surface area contributed by atoms with Crippen molar-refractivity contribution in [3.05, 3.63) is 21.4 Å². The van der Waals surface area contributed by atoms with E-state index in [9.17, 15) is 9.90 Å².